The van der Waals surface area contributed by atoms with Gasteiger partial charge in [-0.1, -0.05) is 18.2 Å². The molecule has 2 aliphatic rings. The van der Waals surface area contributed by atoms with E-state index in [1.807, 2.05) is 18.2 Å². The first kappa shape index (κ1) is 19.7. The van der Waals surface area contributed by atoms with Gasteiger partial charge in [-0.2, -0.15) is 0 Å². The maximum Gasteiger partial charge on any atom is 0.328 e. The normalized spacial score (nSPS) is 20.4. The number of aromatic amines is 1. The Morgan fingerprint density at radius 1 is 1.09 bits per heavy atom. The number of fused-ring (bicyclic) bond motifs is 6. The molecule has 0 aliphatic carbocycles. The fraction of sp³-hybridized carbons (Fsp3) is 0.375. The number of aromatic nitrogens is 3. The third kappa shape index (κ3) is 3.25. The van der Waals surface area contributed by atoms with Crippen LogP contribution in [-0.2, 0) is 6.54 Å². The first-order chi connectivity index (χ1) is 15.7. The molecule has 1 fully saturated rings. The van der Waals surface area contributed by atoms with Crippen LogP contribution >= 0.6 is 11.3 Å². The van der Waals surface area contributed by atoms with Crippen molar-refractivity contribution in [1.29, 1.82) is 0 Å². The number of benzene rings is 1. The molecule has 32 heavy (non-hydrogen) atoms. The minimum atomic E-state index is -0.353. The first-order valence-corrected chi connectivity index (χ1v) is 11.9. The van der Waals surface area contributed by atoms with Gasteiger partial charge in [-0.15, -0.1) is 11.3 Å². The Morgan fingerprint density at radius 2 is 1.97 bits per heavy atom. The highest BCUT2D eigenvalue weighted by Crippen LogP contribution is 2.41. The summed E-state index contributed by atoms with van der Waals surface area (Å²) in [5.41, 5.74) is 2.01. The third-order valence-electron chi connectivity index (χ3n) is 6.76. The Balaban J connectivity index is 1.12. The fourth-order valence-corrected chi connectivity index (χ4v) is 6.24. The second kappa shape index (κ2) is 7.86. The number of rotatable bonds is 5. The molecule has 7 nitrogen and oxygen atoms in total. The number of thiophene rings is 1. The summed E-state index contributed by atoms with van der Waals surface area (Å²) in [7, 11) is 0. The summed E-state index contributed by atoms with van der Waals surface area (Å²) in [5, 5.41) is 0. The average Bonchev–Trinajstić information content (AvgIpc) is 3.40. The van der Waals surface area contributed by atoms with E-state index in [0.29, 0.717) is 34.1 Å². The molecule has 2 atom stereocenters. The Bertz CT molecular complexity index is 1420. The van der Waals surface area contributed by atoms with Crippen molar-refractivity contribution in [2.24, 2.45) is 5.92 Å². The van der Waals surface area contributed by atoms with Gasteiger partial charge in [0.15, 0.2) is 0 Å². The molecule has 3 aromatic heterocycles. The van der Waals surface area contributed by atoms with E-state index in [9.17, 15) is 9.59 Å². The molecule has 1 saturated heterocycles. The Labute approximate surface area is 188 Å². The minimum absolute atomic E-state index is 0.215. The molecule has 0 radical (unpaired) electrons. The van der Waals surface area contributed by atoms with Crippen LogP contribution in [0.1, 0.15) is 24.3 Å². The Morgan fingerprint density at radius 3 is 2.91 bits per heavy atom. The molecule has 8 heteroatoms. The summed E-state index contributed by atoms with van der Waals surface area (Å²) in [6.07, 6.45) is 3.41. The number of likely N-dealkylation sites (tertiary alicyclic amines) is 1. The van der Waals surface area contributed by atoms with Crippen molar-refractivity contribution in [2.45, 2.75) is 25.3 Å². The van der Waals surface area contributed by atoms with Gasteiger partial charge in [-0.25, -0.2) is 4.79 Å². The number of nitrogens with one attached hydrogen (secondary N) is 1. The number of para-hydroxylation sites is 1. The van der Waals surface area contributed by atoms with Crippen molar-refractivity contribution in [3.05, 3.63) is 69.0 Å². The van der Waals surface area contributed by atoms with Crippen LogP contribution < -0.4 is 16.0 Å². The summed E-state index contributed by atoms with van der Waals surface area (Å²) < 4.78 is 8.77. The van der Waals surface area contributed by atoms with Gasteiger partial charge < -0.3 is 14.6 Å². The molecule has 5 heterocycles. The number of unbranched alkanes of at least 4 members (excludes halogenated alkanes) is 1. The van der Waals surface area contributed by atoms with Crippen LogP contribution in [0.4, 0.5) is 0 Å². The zero-order valence-corrected chi connectivity index (χ0v) is 18.4. The second-order valence-electron chi connectivity index (χ2n) is 8.73. The third-order valence-corrected chi connectivity index (χ3v) is 7.89. The molecule has 4 aromatic rings. The monoisotopic (exact) mass is 448 g/mol. The van der Waals surface area contributed by atoms with Crippen LogP contribution in [0.3, 0.4) is 0 Å². The van der Waals surface area contributed by atoms with Crippen LogP contribution in [0.2, 0.25) is 0 Å². The molecule has 0 spiro atoms. The molecule has 2 aliphatic heterocycles. The summed E-state index contributed by atoms with van der Waals surface area (Å²) in [6.45, 7) is 4.27. The van der Waals surface area contributed by atoms with Gasteiger partial charge in [0.05, 0.1) is 16.8 Å². The number of nitrogens with zero attached hydrogens (tertiary/aromatic N) is 3. The van der Waals surface area contributed by atoms with Crippen molar-refractivity contribution in [3.63, 3.8) is 0 Å². The molecule has 1 N–H and O–H groups in total. The van der Waals surface area contributed by atoms with Crippen LogP contribution in [0.5, 0.6) is 5.75 Å². The molecule has 1 aromatic carbocycles. The highest BCUT2D eigenvalue weighted by Gasteiger charge is 2.38. The summed E-state index contributed by atoms with van der Waals surface area (Å²) in [4.78, 5) is 35.2. The molecule has 0 saturated carbocycles. The number of H-pyrrole nitrogens is 1. The molecule has 0 bridgehead atoms. The molecule has 6 rings (SSSR count). The number of ether oxygens (including phenoxy) is 1. The van der Waals surface area contributed by atoms with E-state index in [-0.39, 0.29) is 11.2 Å². The van der Waals surface area contributed by atoms with Crippen molar-refractivity contribution in [2.75, 3.05) is 26.2 Å². The van der Waals surface area contributed by atoms with Crippen molar-refractivity contribution in [1.82, 2.24) is 19.4 Å². The highest BCUT2D eigenvalue weighted by molar-refractivity contribution is 7.25. The smallest absolute Gasteiger partial charge is 0.328 e. The van der Waals surface area contributed by atoms with E-state index in [1.54, 1.807) is 6.20 Å². The van der Waals surface area contributed by atoms with Gasteiger partial charge in [-0.05, 0) is 43.1 Å². The van der Waals surface area contributed by atoms with Crippen molar-refractivity contribution in [3.8, 4) is 5.75 Å². The van der Waals surface area contributed by atoms with E-state index < -0.39 is 0 Å². The number of pyridine rings is 1. The molecule has 0 amide bonds. The van der Waals surface area contributed by atoms with E-state index in [2.05, 4.69) is 33.1 Å². The summed E-state index contributed by atoms with van der Waals surface area (Å²) in [6, 6.07) is 12.1. The Hall–Kier alpha value is -2.97. The van der Waals surface area contributed by atoms with Gasteiger partial charge in [0.2, 0.25) is 0 Å². The van der Waals surface area contributed by atoms with E-state index in [0.717, 1.165) is 49.5 Å². The lowest BCUT2D eigenvalue weighted by atomic mass is 9.87. The topological polar surface area (TPSA) is 80.2 Å². The highest BCUT2D eigenvalue weighted by atomic mass is 32.1. The quantitative estimate of drug-likeness (QED) is 0.475. The van der Waals surface area contributed by atoms with Crippen LogP contribution in [-0.4, -0.2) is 45.7 Å². The lowest BCUT2D eigenvalue weighted by Gasteiger charge is -2.27. The van der Waals surface area contributed by atoms with Gasteiger partial charge in [0.1, 0.15) is 16.0 Å². The van der Waals surface area contributed by atoms with E-state index in [4.69, 9.17) is 4.74 Å². The fourth-order valence-electron chi connectivity index (χ4n) is 5.17. The first-order valence-electron chi connectivity index (χ1n) is 11.1. The standard InChI is InChI=1S/C24H24N4O3S/c29-23-22-21(20-19(32-22)8-5-9-25-20)26-24(30)28(23)11-4-3-10-27-12-15-14-31-18-7-2-1-6-16(18)17(15)13-27/h1-2,5-9,15,17H,3-4,10-14H2,(H,26,30)/t15-,17+/m1/s1. The second-order valence-corrected chi connectivity index (χ2v) is 9.78. The zero-order valence-electron chi connectivity index (χ0n) is 17.6. The van der Waals surface area contributed by atoms with Crippen molar-refractivity contribution < 1.29 is 4.74 Å². The van der Waals surface area contributed by atoms with Gasteiger partial charge in [0.25, 0.3) is 5.56 Å². The lowest BCUT2D eigenvalue weighted by Crippen LogP contribution is -2.34. The molecular formula is C24H24N4O3S. The van der Waals surface area contributed by atoms with E-state index >= 15 is 0 Å². The van der Waals surface area contributed by atoms with Crippen LogP contribution in [0, 0.1) is 5.92 Å². The molecular weight excluding hydrogens is 424 g/mol. The number of hydrogen-bond donors (Lipinski definition) is 1. The predicted octanol–water partition coefficient (Wildman–Crippen LogP) is 3.19. The number of hydrogen-bond acceptors (Lipinski definition) is 6. The largest absolute Gasteiger partial charge is 0.493 e. The molecule has 164 valence electrons. The van der Waals surface area contributed by atoms with E-state index in [1.165, 1.54) is 21.5 Å². The average molecular weight is 449 g/mol. The maximum absolute atomic E-state index is 13.0. The minimum Gasteiger partial charge on any atom is -0.493 e. The van der Waals surface area contributed by atoms with Gasteiger partial charge in [0, 0.05) is 37.7 Å². The lowest BCUT2D eigenvalue weighted by molar-refractivity contribution is 0.212. The molecule has 0 unspecified atom stereocenters. The van der Waals surface area contributed by atoms with Crippen LogP contribution in [0.15, 0.2) is 52.2 Å². The Kier molecular flexibility index (Phi) is 4.84. The maximum atomic E-state index is 13.0. The van der Waals surface area contributed by atoms with Gasteiger partial charge in [-0.3, -0.25) is 14.3 Å². The van der Waals surface area contributed by atoms with Crippen LogP contribution in [0.25, 0.3) is 20.4 Å². The summed E-state index contributed by atoms with van der Waals surface area (Å²) in [5.74, 6) is 2.11. The SMILES string of the molecule is O=c1[nH]c2c(sc3cccnc32)c(=O)n1CCCCN1C[C@@H]2COc3ccccc3[C@H]2C1. The van der Waals surface area contributed by atoms with Gasteiger partial charge >= 0.3 is 5.69 Å². The zero-order chi connectivity index (χ0) is 21.7. The summed E-state index contributed by atoms with van der Waals surface area (Å²) >= 11 is 1.39. The van der Waals surface area contributed by atoms with Crippen molar-refractivity contribution >= 4 is 31.8 Å². The predicted molar refractivity (Wildman–Crippen MR) is 126 cm³/mol.